The highest BCUT2D eigenvalue weighted by Gasteiger charge is 2.22. The second-order valence-corrected chi connectivity index (χ2v) is 6.03. The molecule has 0 spiro atoms. The van der Waals surface area contributed by atoms with Crippen molar-refractivity contribution in [2.75, 3.05) is 0 Å². The van der Waals surface area contributed by atoms with Gasteiger partial charge < -0.3 is 4.57 Å². The third-order valence-corrected chi connectivity index (χ3v) is 4.02. The van der Waals surface area contributed by atoms with Crippen molar-refractivity contribution in [3.05, 3.63) is 23.5 Å². The van der Waals surface area contributed by atoms with Crippen LogP contribution in [0.2, 0.25) is 0 Å². The quantitative estimate of drug-likeness (QED) is 0.756. The van der Waals surface area contributed by atoms with Crippen LogP contribution in [0.4, 0.5) is 0 Å². The third-order valence-electron chi connectivity index (χ3n) is 4.02. The molecule has 1 aliphatic rings. The van der Waals surface area contributed by atoms with Crippen LogP contribution in [-0.4, -0.2) is 10.4 Å². The fourth-order valence-corrected chi connectivity index (χ4v) is 2.92. The number of carbonyl (C=O) groups excluding carboxylic acids is 1. The minimum absolute atomic E-state index is 0.337. The van der Waals surface area contributed by atoms with Crippen molar-refractivity contribution in [2.45, 2.75) is 65.3 Å². The Labute approximate surface area is 110 Å². The number of ketones is 1. The van der Waals surface area contributed by atoms with E-state index in [1.54, 1.807) is 0 Å². The van der Waals surface area contributed by atoms with Gasteiger partial charge in [0.15, 0.2) is 5.78 Å². The van der Waals surface area contributed by atoms with Crippen LogP contribution >= 0.6 is 0 Å². The summed E-state index contributed by atoms with van der Waals surface area (Å²) in [6, 6.07) is 2.55. The summed E-state index contributed by atoms with van der Waals surface area (Å²) in [6.45, 7) is 6.83. The van der Waals surface area contributed by atoms with E-state index >= 15 is 0 Å². The molecule has 0 saturated heterocycles. The van der Waals surface area contributed by atoms with Gasteiger partial charge in [-0.25, -0.2) is 0 Å². The van der Waals surface area contributed by atoms with Gasteiger partial charge in [-0.2, -0.15) is 0 Å². The molecule has 1 unspecified atom stereocenters. The van der Waals surface area contributed by atoms with E-state index < -0.39 is 0 Å². The largest absolute Gasteiger partial charge is 0.348 e. The molecule has 2 rings (SSSR count). The molecule has 1 aromatic heterocycles. The molecule has 0 radical (unpaired) electrons. The summed E-state index contributed by atoms with van der Waals surface area (Å²) in [6.07, 6.45) is 8.74. The van der Waals surface area contributed by atoms with Gasteiger partial charge in [-0.1, -0.05) is 26.7 Å². The normalized spacial score (nSPS) is 17.0. The zero-order valence-electron chi connectivity index (χ0n) is 11.9. The standard InChI is InChI=1S/C16H25NO/c1-12(2)6-4-7-13(3)17-11-10-14-15(17)8-5-9-16(14)18/h10-13H,4-9H2,1-3H3. The van der Waals surface area contributed by atoms with Crippen LogP contribution in [0, 0.1) is 5.92 Å². The first-order valence-electron chi connectivity index (χ1n) is 7.32. The highest BCUT2D eigenvalue weighted by Crippen LogP contribution is 2.27. The average molecular weight is 247 g/mol. The van der Waals surface area contributed by atoms with Crippen LogP contribution in [0.3, 0.4) is 0 Å². The van der Waals surface area contributed by atoms with Gasteiger partial charge in [0.2, 0.25) is 0 Å². The van der Waals surface area contributed by atoms with Crippen molar-refractivity contribution in [1.82, 2.24) is 4.57 Å². The number of hydrogen-bond acceptors (Lipinski definition) is 1. The minimum Gasteiger partial charge on any atom is -0.348 e. The molecule has 2 nitrogen and oxygen atoms in total. The van der Waals surface area contributed by atoms with Crippen LogP contribution in [-0.2, 0) is 6.42 Å². The fraction of sp³-hybridized carbons (Fsp3) is 0.688. The molecule has 0 aliphatic heterocycles. The minimum atomic E-state index is 0.337. The van der Waals surface area contributed by atoms with Crippen LogP contribution in [0.25, 0.3) is 0 Å². The van der Waals surface area contributed by atoms with Crippen LogP contribution in [0.5, 0.6) is 0 Å². The lowest BCUT2D eigenvalue weighted by atomic mass is 9.96. The van der Waals surface area contributed by atoms with Gasteiger partial charge in [0.05, 0.1) is 0 Å². The van der Waals surface area contributed by atoms with E-state index in [1.165, 1.54) is 25.0 Å². The first-order valence-corrected chi connectivity index (χ1v) is 7.32. The first-order chi connectivity index (χ1) is 8.59. The summed E-state index contributed by atoms with van der Waals surface area (Å²) >= 11 is 0. The number of hydrogen-bond donors (Lipinski definition) is 0. The lowest BCUT2D eigenvalue weighted by molar-refractivity contribution is 0.0971. The maximum atomic E-state index is 11.8. The van der Waals surface area contributed by atoms with Crippen molar-refractivity contribution in [1.29, 1.82) is 0 Å². The number of carbonyl (C=O) groups is 1. The maximum Gasteiger partial charge on any atom is 0.164 e. The summed E-state index contributed by atoms with van der Waals surface area (Å²) in [5.41, 5.74) is 2.26. The molecule has 1 aliphatic carbocycles. The van der Waals surface area contributed by atoms with E-state index in [0.717, 1.165) is 30.7 Å². The summed E-state index contributed by atoms with van der Waals surface area (Å²) in [7, 11) is 0. The van der Waals surface area contributed by atoms with Gasteiger partial charge in [0, 0.05) is 29.9 Å². The van der Waals surface area contributed by atoms with Crippen molar-refractivity contribution in [2.24, 2.45) is 5.92 Å². The highest BCUT2D eigenvalue weighted by atomic mass is 16.1. The van der Waals surface area contributed by atoms with Gasteiger partial charge in [-0.3, -0.25) is 4.79 Å². The number of nitrogens with zero attached hydrogens (tertiary/aromatic N) is 1. The number of Topliss-reactive ketones (excluding diaryl/α,β-unsaturated/α-hetero) is 1. The van der Waals surface area contributed by atoms with Crippen LogP contribution in [0.1, 0.15) is 75.0 Å². The average Bonchev–Trinajstić information content (AvgIpc) is 2.73. The van der Waals surface area contributed by atoms with Crippen LogP contribution < -0.4 is 0 Å². The Morgan fingerprint density at radius 3 is 2.72 bits per heavy atom. The zero-order chi connectivity index (χ0) is 13.1. The molecule has 0 saturated carbocycles. The van der Waals surface area contributed by atoms with Crippen LogP contribution in [0.15, 0.2) is 12.3 Å². The van der Waals surface area contributed by atoms with Crippen molar-refractivity contribution in [3.63, 3.8) is 0 Å². The smallest absolute Gasteiger partial charge is 0.164 e. The second kappa shape index (κ2) is 5.73. The monoisotopic (exact) mass is 247 g/mol. The SMILES string of the molecule is CC(C)CCCC(C)n1ccc2c1CCCC2=O. The van der Waals surface area contributed by atoms with Gasteiger partial charge in [-0.05, 0) is 38.2 Å². The van der Waals surface area contributed by atoms with Crippen molar-refractivity contribution < 1.29 is 4.79 Å². The third kappa shape index (κ3) is 2.85. The Kier molecular flexibility index (Phi) is 4.26. The van der Waals surface area contributed by atoms with Gasteiger partial charge in [-0.15, -0.1) is 0 Å². The molecular weight excluding hydrogens is 222 g/mol. The molecule has 0 N–H and O–H groups in total. The van der Waals surface area contributed by atoms with Gasteiger partial charge in [0.25, 0.3) is 0 Å². The van der Waals surface area contributed by atoms with Crippen molar-refractivity contribution >= 4 is 5.78 Å². The maximum absolute atomic E-state index is 11.8. The van der Waals surface area contributed by atoms with E-state index in [-0.39, 0.29) is 0 Å². The molecule has 18 heavy (non-hydrogen) atoms. The predicted octanol–water partition coefficient (Wildman–Crippen LogP) is 4.39. The molecule has 2 heteroatoms. The Morgan fingerprint density at radius 2 is 2.00 bits per heavy atom. The van der Waals surface area contributed by atoms with E-state index in [4.69, 9.17) is 0 Å². The van der Waals surface area contributed by atoms with Gasteiger partial charge in [0.1, 0.15) is 0 Å². The summed E-state index contributed by atoms with van der Waals surface area (Å²) in [5, 5.41) is 0. The van der Waals surface area contributed by atoms with E-state index in [1.807, 2.05) is 6.07 Å². The second-order valence-electron chi connectivity index (χ2n) is 6.03. The number of rotatable bonds is 5. The molecule has 0 fully saturated rings. The lowest BCUT2D eigenvalue weighted by Gasteiger charge is -2.20. The summed E-state index contributed by atoms with van der Waals surface area (Å²) < 4.78 is 2.34. The van der Waals surface area contributed by atoms with E-state index in [9.17, 15) is 4.79 Å². The molecule has 100 valence electrons. The molecule has 0 bridgehead atoms. The Bertz CT molecular complexity index is 417. The lowest BCUT2D eigenvalue weighted by Crippen LogP contribution is -2.15. The topological polar surface area (TPSA) is 22.0 Å². The number of aromatic nitrogens is 1. The fourth-order valence-electron chi connectivity index (χ4n) is 2.92. The van der Waals surface area contributed by atoms with E-state index in [0.29, 0.717) is 11.8 Å². The Hall–Kier alpha value is -1.05. The predicted molar refractivity (Wildman–Crippen MR) is 75.1 cm³/mol. The van der Waals surface area contributed by atoms with Gasteiger partial charge >= 0.3 is 0 Å². The Morgan fingerprint density at radius 1 is 1.22 bits per heavy atom. The van der Waals surface area contributed by atoms with Crippen molar-refractivity contribution in [3.8, 4) is 0 Å². The van der Waals surface area contributed by atoms with E-state index in [2.05, 4.69) is 31.5 Å². The summed E-state index contributed by atoms with van der Waals surface area (Å²) in [4.78, 5) is 11.8. The molecule has 0 aromatic carbocycles. The molecule has 0 amide bonds. The first kappa shape index (κ1) is 13.4. The molecular formula is C16H25NO. The highest BCUT2D eigenvalue weighted by molar-refractivity contribution is 5.98. The summed E-state index contributed by atoms with van der Waals surface area (Å²) in [5.74, 6) is 1.13. The Balaban J connectivity index is 2.02. The molecule has 1 heterocycles. The number of fused-ring (bicyclic) bond motifs is 1. The molecule has 1 aromatic rings. The zero-order valence-corrected chi connectivity index (χ0v) is 11.9. The molecule has 1 atom stereocenters.